The second-order valence-electron chi connectivity index (χ2n) is 7.40. The van der Waals surface area contributed by atoms with Crippen LogP contribution in [-0.2, 0) is 16.1 Å². The van der Waals surface area contributed by atoms with Crippen molar-refractivity contribution in [1.82, 2.24) is 9.88 Å². The molecule has 0 aliphatic carbocycles. The van der Waals surface area contributed by atoms with Crippen LogP contribution in [0.25, 0.3) is 5.76 Å². The number of ether oxygens (including phenoxy) is 2. The Labute approximate surface area is 182 Å². The second-order valence-corrected chi connectivity index (χ2v) is 7.40. The summed E-state index contributed by atoms with van der Waals surface area (Å²) in [6.07, 6.45) is 3.18. The number of ketones is 1. The van der Waals surface area contributed by atoms with Crippen molar-refractivity contribution in [2.75, 3.05) is 6.79 Å². The van der Waals surface area contributed by atoms with Gasteiger partial charge in [-0.25, -0.2) is 4.39 Å². The van der Waals surface area contributed by atoms with Crippen LogP contribution in [0.3, 0.4) is 0 Å². The van der Waals surface area contributed by atoms with E-state index in [9.17, 15) is 19.1 Å². The molecule has 1 amide bonds. The van der Waals surface area contributed by atoms with E-state index in [1.807, 2.05) is 0 Å². The van der Waals surface area contributed by atoms with Crippen LogP contribution in [0.4, 0.5) is 4.39 Å². The number of amides is 1. The lowest BCUT2D eigenvalue weighted by molar-refractivity contribution is -0.140. The number of hydrogen-bond acceptors (Lipinski definition) is 6. The molecule has 32 heavy (non-hydrogen) atoms. The van der Waals surface area contributed by atoms with Crippen LogP contribution in [0.2, 0.25) is 0 Å². The maximum Gasteiger partial charge on any atom is 0.295 e. The molecule has 2 aromatic carbocycles. The van der Waals surface area contributed by atoms with Crippen LogP contribution in [-0.4, -0.2) is 33.5 Å². The molecule has 1 atom stereocenters. The Balaban J connectivity index is 1.64. The van der Waals surface area contributed by atoms with Gasteiger partial charge in [-0.15, -0.1) is 0 Å². The summed E-state index contributed by atoms with van der Waals surface area (Å²) in [5.74, 6) is -1.40. The first-order valence-corrected chi connectivity index (χ1v) is 9.86. The molecule has 2 aliphatic rings. The molecule has 1 unspecified atom stereocenters. The average Bonchev–Trinajstić information content (AvgIpc) is 3.38. The summed E-state index contributed by atoms with van der Waals surface area (Å²) in [6.45, 7) is 0.179. The van der Waals surface area contributed by atoms with Crippen LogP contribution < -0.4 is 9.47 Å². The predicted molar refractivity (Wildman–Crippen MR) is 111 cm³/mol. The molecule has 1 fully saturated rings. The number of nitrogens with zero attached hydrogens (tertiary/aromatic N) is 2. The van der Waals surface area contributed by atoms with Crippen molar-refractivity contribution in [2.24, 2.45) is 0 Å². The Morgan fingerprint density at radius 1 is 1.03 bits per heavy atom. The molecule has 7 nitrogen and oxygen atoms in total. The minimum Gasteiger partial charge on any atom is -0.507 e. The minimum absolute atomic E-state index is 0.0610. The quantitative estimate of drug-likeness (QED) is 0.385. The third-order valence-corrected chi connectivity index (χ3v) is 5.47. The van der Waals surface area contributed by atoms with Gasteiger partial charge in [-0.2, -0.15) is 0 Å². The maximum absolute atomic E-state index is 13.6. The topological polar surface area (TPSA) is 89.0 Å². The first kappa shape index (κ1) is 19.7. The number of aromatic nitrogens is 1. The van der Waals surface area contributed by atoms with Gasteiger partial charge < -0.3 is 19.5 Å². The van der Waals surface area contributed by atoms with Crippen LogP contribution in [0, 0.1) is 5.82 Å². The lowest BCUT2D eigenvalue weighted by Crippen LogP contribution is -2.29. The molecule has 3 aromatic rings. The predicted octanol–water partition coefficient (Wildman–Crippen LogP) is 3.57. The lowest BCUT2D eigenvalue weighted by Gasteiger charge is -2.25. The van der Waals surface area contributed by atoms with Crippen molar-refractivity contribution in [3.63, 3.8) is 0 Å². The molecule has 0 saturated carbocycles. The zero-order chi connectivity index (χ0) is 22.2. The van der Waals surface area contributed by atoms with E-state index in [1.54, 1.807) is 42.7 Å². The van der Waals surface area contributed by atoms with Crippen molar-refractivity contribution in [3.8, 4) is 11.5 Å². The highest BCUT2D eigenvalue weighted by molar-refractivity contribution is 6.46. The van der Waals surface area contributed by atoms with E-state index < -0.39 is 23.5 Å². The van der Waals surface area contributed by atoms with E-state index in [0.717, 1.165) is 5.56 Å². The number of carbonyl (C=O) groups is 2. The summed E-state index contributed by atoms with van der Waals surface area (Å²) in [5, 5.41) is 11.1. The van der Waals surface area contributed by atoms with Crippen LogP contribution in [0.15, 0.2) is 72.6 Å². The fourth-order valence-corrected chi connectivity index (χ4v) is 3.92. The Morgan fingerprint density at radius 2 is 1.75 bits per heavy atom. The zero-order valence-electron chi connectivity index (χ0n) is 16.7. The summed E-state index contributed by atoms with van der Waals surface area (Å²) in [6, 6.07) is 12.8. The molecule has 160 valence electrons. The van der Waals surface area contributed by atoms with Crippen molar-refractivity contribution >= 4 is 17.4 Å². The standard InChI is InChI=1S/C24H17FN2O5/c25-17-4-1-15(2-5-17)21-20(22(28)16-3-6-18-19(11-16)32-13-31-18)23(29)24(30)27(21)12-14-7-9-26-10-8-14/h1-11,21,28H,12-13H2/b22-20-. The van der Waals surface area contributed by atoms with E-state index in [2.05, 4.69) is 4.98 Å². The SMILES string of the molecule is O=C1C(=O)N(Cc2ccncc2)C(c2ccc(F)cc2)/C1=C(/O)c1ccc2c(c1)OCO2. The van der Waals surface area contributed by atoms with Gasteiger partial charge in [0.1, 0.15) is 11.6 Å². The summed E-state index contributed by atoms with van der Waals surface area (Å²) in [4.78, 5) is 31.4. The van der Waals surface area contributed by atoms with Crippen LogP contribution in [0.5, 0.6) is 11.5 Å². The summed E-state index contributed by atoms with van der Waals surface area (Å²) in [5.41, 5.74) is 1.50. The molecule has 1 saturated heterocycles. The van der Waals surface area contributed by atoms with Gasteiger partial charge in [0.05, 0.1) is 11.6 Å². The molecule has 0 spiro atoms. The zero-order valence-corrected chi connectivity index (χ0v) is 16.7. The number of aliphatic hydroxyl groups excluding tert-OH is 1. The van der Waals surface area contributed by atoms with E-state index in [4.69, 9.17) is 9.47 Å². The number of aliphatic hydroxyl groups is 1. The number of pyridine rings is 1. The van der Waals surface area contributed by atoms with Gasteiger partial charge in [0.15, 0.2) is 11.5 Å². The number of fused-ring (bicyclic) bond motifs is 1. The average molecular weight is 432 g/mol. The van der Waals surface area contributed by atoms with Crippen molar-refractivity contribution in [1.29, 1.82) is 0 Å². The first-order valence-electron chi connectivity index (χ1n) is 9.86. The molecule has 0 radical (unpaired) electrons. The van der Waals surface area contributed by atoms with Gasteiger partial charge in [-0.05, 0) is 53.6 Å². The van der Waals surface area contributed by atoms with E-state index in [0.29, 0.717) is 22.6 Å². The molecule has 3 heterocycles. The molecular formula is C24H17FN2O5. The highest BCUT2D eigenvalue weighted by atomic mass is 19.1. The monoisotopic (exact) mass is 432 g/mol. The van der Waals surface area contributed by atoms with Crippen LogP contribution in [0.1, 0.15) is 22.7 Å². The van der Waals surface area contributed by atoms with E-state index in [-0.39, 0.29) is 24.7 Å². The number of rotatable bonds is 4. The Kier molecular flexibility index (Phi) is 4.82. The number of likely N-dealkylation sites (tertiary alicyclic amines) is 1. The summed E-state index contributed by atoms with van der Waals surface area (Å²) >= 11 is 0. The molecular weight excluding hydrogens is 415 g/mol. The smallest absolute Gasteiger partial charge is 0.295 e. The number of carbonyl (C=O) groups excluding carboxylic acids is 2. The molecule has 1 N–H and O–H groups in total. The molecule has 0 bridgehead atoms. The van der Waals surface area contributed by atoms with E-state index >= 15 is 0 Å². The number of benzene rings is 2. The summed E-state index contributed by atoms with van der Waals surface area (Å²) in [7, 11) is 0. The van der Waals surface area contributed by atoms with E-state index in [1.165, 1.54) is 29.2 Å². The Bertz CT molecular complexity index is 1240. The Hall–Kier alpha value is -4.20. The van der Waals surface area contributed by atoms with Gasteiger partial charge in [-0.1, -0.05) is 12.1 Å². The third-order valence-electron chi connectivity index (χ3n) is 5.47. The molecule has 5 rings (SSSR count). The lowest BCUT2D eigenvalue weighted by atomic mass is 9.95. The van der Waals surface area contributed by atoms with Gasteiger partial charge in [-0.3, -0.25) is 14.6 Å². The van der Waals surface area contributed by atoms with Gasteiger partial charge >= 0.3 is 0 Å². The highest BCUT2D eigenvalue weighted by Crippen LogP contribution is 2.42. The Morgan fingerprint density at radius 3 is 2.50 bits per heavy atom. The van der Waals surface area contributed by atoms with Crippen LogP contribution >= 0.6 is 0 Å². The second kappa shape index (κ2) is 7.81. The third kappa shape index (κ3) is 3.35. The minimum atomic E-state index is -0.894. The summed E-state index contributed by atoms with van der Waals surface area (Å²) < 4.78 is 24.2. The largest absolute Gasteiger partial charge is 0.507 e. The number of hydrogen-bond donors (Lipinski definition) is 1. The normalized spacial score (nSPS) is 18.9. The van der Waals surface area contributed by atoms with Gasteiger partial charge in [0.25, 0.3) is 11.7 Å². The van der Waals surface area contributed by atoms with Crippen molar-refractivity contribution in [2.45, 2.75) is 12.6 Å². The molecule has 2 aliphatic heterocycles. The van der Waals surface area contributed by atoms with Gasteiger partial charge in [0.2, 0.25) is 6.79 Å². The first-order chi connectivity index (χ1) is 15.5. The van der Waals surface area contributed by atoms with Crippen molar-refractivity contribution < 1.29 is 28.6 Å². The highest BCUT2D eigenvalue weighted by Gasteiger charge is 2.46. The number of Topliss-reactive ketones (excluding diaryl/α,β-unsaturated/α-hetero) is 1. The fourth-order valence-electron chi connectivity index (χ4n) is 3.92. The number of halogens is 1. The molecule has 1 aromatic heterocycles. The van der Waals surface area contributed by atoms with Crippen molar-refractivity contribution in [3.05, 3.63) is 95.1 Å². The molecule has 8 heteroatoms. The van der Waals surface area contributed by atoms with Gasteiger partial charge in [0, 0.05) is 24.5 Å². The fraction of sp³-hybridized carbons (Fsp3) is 0.125. The maximum atomic E-state index is 13.6.